The van der Waals surface area contributed by atoms with Crippen molar-refractivity contribution in [2.24, 2.45) is 5.92 Å². The van der Waals surface area contributed by atoms with E-state index in [9.17, 15) is 13.6 Å². The number of rotatable bonds is 4. The number of hydrogen-bond donors (Lipinski definition) is 1. The second-order valence-corrected chi connectivity index (χ2v) is 4.80. The van der Waals surface area contributed by atoms with Crippen molar-refractivity contribution >= 4 is 17.5 Å². The highest BCUT2D eigenvalue weighted by molar-refractivity contribution is 6.33. The van der Waals surface area contributed by atoms with Crippen molar-refractivity contribution in [2.75, 3.05) is 0 Å². The smallest absolute Gasteiger partial charge is 0.253 e. The van der Waals surface area contributed by atoms with Crippen molar-refractivity contribution in [1.82, 2.24) is 5.32 Å². The zero-order valence-electron chi connectivity index (χ0n) is 10.6. The summed E-state index contributed by atoms with van der Waals surface area (Å²) in [5.74, 6) is -2.35. The third-order valence-corrected chi connectivity index (χ3v) is 3.42. The molecule has 0 saturated heterocycles. The van der Waals surface area contributed by atoms with Gasteiger partial charge in [-0.15, -0.1) is 0 Å². The molecule has 2 nitrogen and oxygen atoms in total. The van der Waals surface area contributed by atoms with E-state index < -0.39 is 17.5 Å². The third kappa shape index (κ3) is 3.42. The van der Waals surface area contributed by atoms with Gasteiger partial charge in [-0.1, -0.05) is 31.9 Å². The maximum Gasteiger partial charge on any atom is 0.253 e. The number of nitrogens with one attached hydrogen (secondary N) is 1. The van der Waals surface area contributed by atoms with Gasteiger partial charge in [-0.2, -0.15) is 0 Å². The van der Waals surface area contributed by atoms with Gasteiger partial charge in [0, 0.05) is 6.04 Å². The van der Waals surface area contributed by atoms with Crippen LogP contribution in [-0.4, -0.2) is 11.9 Å². The minimum Gasteiger partial charge on any atom is -0.349 e. The molecule has 0 bridgehead atoms. The lowest BCUT2D eigenvalue weighted by Crippen LogP contribution is -2.37. The molecule has 0 unspecified atom stereocenters. The number of halogens is 3. The fourth-order valence-electron chi connectivity index (χ4n) is 1.48. The summed E-state index contributed by atoms with van der Waals surface area (Å²) in [6, 6.07) is 1.56. The molecule has 100 valence electrons. The van der Waals surface area contributed by atoms with Crippen LogP contribution >= 0.6 is 11.6 Å². The maximum absolute atomic E-state index is 13.1. The van der Waals surface area contributed by atoms with E-state index in [1.54, 1.807) is 0 Å². The maximum atomic E-state index is 13.1. The molecule has 1 N–H and O–H groups in total. The summed E-state index contributed by atoms with van der Waals surface area (Å²) in [7, 11) is 0. The number of benzene rings is 1. The Hall–Kier alpha value is -1.16. The molecular weight excluding hydrogens is 260 g/mol. The summed E-state index contributed by atoms with van der Waals surface area (Å²) >= 11 is 5.73. The quantitative estimate of drug-likeness (QED) is 0.833. The minimum absolute atomic E-state index is 0.0503. The molecule has 1 amide bonds. The summed E-state index contributed by atoms with van der Waals surface area (Å²) < 4.78 is 25.9. The topological polar surface area (TPSA) is 29.1 Å². The Bertz CT molecular complexity index is 451. The summed E-state index contributed by atoms with van der Waals surface area (Å²) in [6.07, 6.45) is 0.910. The molecule has 0 aliphatic carbocycles. The molecule has 0 spiro atoms. The SMILES string of the molecule is CC[C@@H](C)[C@@H](C)NC(=O)c1cc(F)c(F)cc1Cl. The Morgan fingerprint density at radius 1 is 1.33 bits per heavy atom. The molecule has 18 heavy (non-hydrogen) atoms. The van der Waals surface area contributed by atoms with Gasteiger partial charge < -0.3 is 5.32 Å². The Morgan fingerprint density at radius 3 is 2.44 bits per heavy atom. The van der Waals surface area contributed by atoms with Gasteiger partial charge in [0.25, 0.3) is 5.91 Å². The average molecular weight is 276 g/mol. The summed E-state index contributed by atoms with van der Waals surface area (Å²) in [4.78, 5) is 11.9. The first-order valence-electron chi connectivity index (χ1n) is 5.82. The van der Waals surface area contributed by atoms with Crippen molar-refractivity contribution in [3.8, 4) is 0 Å². The second-order valence-electron chi connectivity index (χ2n) is 4.39. The first-order chi connectivity index (χ1) is 8.36. The van der Waals surface area contributed by atoms with Crippen LogP contribution in [0.3, 0.4) is 0 Å². The second kappa shape index (κ2) is 6.14. The van der Waals surface area contributed by atoms with Gasteiger partial charge in [-0.3, -0.25) is 4.79 Å². The Balaban J connectivity index is 2.88. The molecule has 0 saturated carbocycles. The normalized spacial score (nSPS) is 14.1. The summed E-state index contributed by atoms with van der Waals surface area (Å²) in [6.45, 7) is 5.87. The molecule has 0 heterocycles. The van der Waals surface area contributed by atoms with Crippen LogP contribution in [0.25, 0.3) is 0 Å². The summed E-state index contributed by atoms with van der Waals surface area (Å²) in [5.41, 5.74) is -0.0503. The fraction of sp³-hybridized carbons (Fsp3) is 0.462. The molecule has 1 aromatic rings. The highest BCUT2D eigenvalue weighted by Gasteiger charge is 2.18. The zero-order chi connectivity index (χ0) is 13.9. The van der Waals surface area contributed by atoms with Crippen molar-refractivity contribution in [1.29, 1.82) is 0 Å². The van der Waals surface area contributed by atoms with E-state index in [1.165, 1.54) is 0 Å². The molecule has 0 aliphatic heterocycles. The van der Waals surface area contributed by atoms with Gasteiger partial charge in [0.05, 0.1) is 10.6 Å². The molecule has 2 atom stereocenters. The lowest BCUT2D eigenvalue weighted by atomic mass is 10.0. The van der Waals surface area contributed by atoms with Crippen molar-refractivity contribution in [3.63, 3.8) is 0 Å². The van der Waals surface area contributed by atoms with Gasteiger partial charge in [-0.05, 0) is 25.0 Å². The fourth-order valence-corrected chi connectivity index (χ4v) is 1.71. The first-order valence-corrected chi connectivity index (χ1v) is 6.20. The van der Waals surface area contributed by atoms with Crippen LogP contribution in [0.15, 0.2) is 12.1 Å². The van der Waals surface area contributed by atoms with Gasteiger partial charge in [0.2, 0.25) is 0 Å². The molecule has 1 rings (SSSR count). The van der Waals surface area contributed by atoms with E-state index in [-0.39, 0.29) is 22.5 Å². The molecule has 5 heteroatoms. The predicted octanol–water partition coefficient (Wildman–Crippen LogP) is 3.78. The third-order valence-electron chi connectivity index (χ3n) is 3.11. The van der Waals surface area contributed by atoms with Crippen LogP contribution < -0.4 is 5.32 Å². The van der Waals surface area contributed by atoms with E-state index >= 15 is 0 Å². The van der Waals surface area contributed by atoms with Crippen molar-refractivity contribution < 1.29 is 13.6 Å². The van der Waals surface area contributed by atoms with Crippen LogP contribution in [0, 0.1) is 17.6 Å². The number of amides is 1. The highest BCUT2D eigenvalue weighted by atomic mass is 35.5. The Kier molecular flexibility index (Phi) is 5.08. The minimum atomic E-state index is -1.08. The van der Waals surface area contributed by atoms with Crippen LogP contribution in [0.1, 0.15) is 37.6 Å². The van der Waals surface area contributed by atoms with Crippen molar-refractivity contribution in [3.05, 3.63) is 34.4 Å². The Labute approximate surface area is 110 Å². The van der Waals surface area contributed by atoms with E-state index in [0.29, 0.717) is 0 Å². The highest BCUT2D eigenvalue weighted by Crippen LogP contribution is 2.20. The van der Waals surface area contributed by atoms with Crippen LogP contribution in [-0.2, 0) is 0 Å². The lowest BCUT2D eigenvalue weighted by Gasteiger charge is -2.20. The standard InChI is InChI=1S/C13H16ClF2NO/c1-4-7(2)8(3)17-13(18)9-5-11(15)12(16)6-10(9)14/h5-8H,4H2,1-3H3,(H,17,18)/t7-,8-/m1/s1. The molecule has 1 aromatic carbocycles. The van der Waals surface area contributed by atoms with E-state index in [0.717, 1.165) is 18.6 Å². The van der Waals surface area contributed by atoms with Crippen LogP contribution in [0.4, 0.5) is 8.78 Å². The number of carbonyl (C=O) groups excluding carboxylic acids is 1. The molecular formula is C13H16ClF2NO. The molecule has 0 fully saturated rings. The first kappa shape index (κ1) is 14.9. The van der Waals surface area contributed by atoms with Crippen molar-refractivity contribution in [2.45, 2.75) is 33.2 Å². The summed E-state index contributed by atoms with van der Waals surface area (Å²) in [5, 5.41) is 2.63. The lowest BCUT2D eigenvalue weighted by molar-refractivity contribution is 0.0927. The van der Waals surface area contributed by atoms with Gasteiger partial charge in [0.1, 0.15) is 0 Å². The van der Waals surface area contributed by atoms with E-state index in [1.807, 2.05) is 20.8 Å². The molecule has 0 aromatic heterocycles. The van der Waals surface area contributed by atoms with Gasteiger partial charge in [0.15, 0.2) is 11.6 Å². The zero-order valence-corrected chi connectivity index (χ0v) is 11.3. The molecule has 0 radical (unpaired) electrons. The molecule has 0 aliphatic rings. The monoisotopic (exact) mass is 275 g/mol. The Morgan fingerprint density at radius 2 is 1.89 bits per heavy atom. The number of carbonyl (C=O) groups is 1. The van der Waals surface area contributed by atoms with Crippen LogP contribution in [0.2, 0.25) is 5.02 Å². The largest absolute Gasteiger partial charge is 0.349 e. The van der Waals surface area contributed by atoms with E-state index in [4.69, 9.17) is 11.6 Å². The average Bonchev–Trinajstić information content (AvgIpc) is 2.32. The van der Waals surface area contributed by atoms with Gasteiger partial charge in [-0.25, -0.2) is 8.78 Å². The van der Waals surface area contributed by atoms with E-state index in [2.05, 4.69) is 5.32 Å². The number of hydrogen-bond acceptors (Lipinski definition) is 1. The predicted molar refractivity (Wildman–Crippen MR) is 67.8 cm³/mol. The van der Waals surface area contributed by atoms with Gasteiger partial charge >= 0.3 is 0 Å². The van der Waals surface area contributed by atoms with Crippen LogP contribution in [0.5, 0.6) is 0 Å².